The fourth-order valence-electron chi connectivity index (χ4n) is 7.04. The molecule has 0 spiro atoms. The van der Waals surface area contributed by atoms with E-state index in [1.165, 1.54) is 0 Å². The van der Waals surface area contributed by atoms with E-state index >= 15 is 0 Å². The molecule has 4 aliphatic rings. The van der Waals surface area contributed by atoms with Gasteiger partial charge in [0, 0.05) is 42.7 Å². The number of likely N-dealkylation sites (tertiary alicyclic amines) is 2. The molecule has 2 saturated heterocycles. The Balaban J connectivity index is 0.972. The summed E-state index contributed by atoms with van der Waals surface area (Å²) in [6.45, 7) is 5.58. The Bertz CT molecular complexity index is 1870. The Morgan fingerprint density at radius 3 is 2.49 bits per heavy atom. The van der Waals surface area contributed by atoms with Crippen LogP contribution in [0.2, 0.25) is 0 Å². The number of nitrogens with one attached hydrogen (secondary N) is 2. The van der Waals surface area contributed by atoms with Crippen molar-refractivity contribution in [2.45, 2.75) is 76.3 Å². The smallest absolute Gasteiger partial charge is 0.247 e. The largest absolute Gasteiger partial charge is 0.436 e. The summed E-state index contributed by atoms with van der Waals surface area (Å²) in [5.41, 5.74) is 4.88. The van der Waals surface area contributed by atoms with E-state index in [1.54, 1.807) is 11.1 Å². The summed E-state index contributed by atoms with van der Waals surface area (Å²) in [5.74, 6) is 2.94. The molecule has 0 unspecified atom stereocenters. The molecule has 4 fully saturated rings. The zero-order valence-corrected chi connectivity index (χ0v) is 26.5. The molecule has 0 radical (unpaired) electrons. The summed E-state index contributed by atoms with van der Waals surface area (Å²) in [6.07, 6.45) is 10.7. The average Bonchev–Trinajstić information content (AvgIpc) is 3.92. The minimum atomic E-state index is -0.442. The Labute approximate surface area is 273 Å². The Morgan fingerprint density at radius 2 is 1.70 bits per heavy atom. The van der Waals surface area contributed by atoms with Crippen molar-refractivity contribution in [1.29, 1.82) is 0 Å². The zero-order chi connectivity index (χ0) is 32.1. The minimum Gasteiger partial charge on any atom is -0.436 e. The normalized spacial score (nSPS) is 21.4. The summed E-state index contributed by atoms with van der Waals surface area (Å²) in [7, 11) is 0. The van der Waals surface area contributed by atoms with Gasteiger partial charge in [-0.05, 0) is 105 Å². The number of hydrogen-bond donors (Lipinski definition) is 2. The number of amides is 3. The molecule has 2 aliphatic heterocycles. The molecule has 2 aliphatic carbocycles. The number of rotatable bonds is 9. The van der Waals surface area contributed by atoms with E-state index in [2.05, 4.69) is 21.9 Å². The fourth-order valence-corrected chi connectivity index (χ4v) is 7.04. The fraction of sp³-hybridized carbons (Fsp3) is 0.432. The number of carbonyl (C=O) groups is 3. The van der Waals surface area contributed by atoms with E-state index < -0.39 is 6.04 Å². The molecule has 10 nitrogen and oxygen atoms in total. The van der Waals surface area contributed by atoms with Gasteiger partial charge in [-0.2, -0.15) is 0 Å². The van der Waals surface area contributed by atoms with Crippen LogP contribution in [0.4, 0.5) is 5.69 Å². The Hall–Kier alpha value is -4.73. The average molecular weight is 633 g/mol. The van der Waals surface area contributed by atoms with E-state index in [0.717, 1.165) is 78.5 Å². The van der Waals surface area contributed by atoms with Crippen molar-refractivity contribution in [3.05, 3.63) is 66.6 Å². The number of benzene rings is 2. The summed E-state index contributed by atoms with van der Waals surface area (Å²) >= 11 is 0. The predicted molar refractivity (Wildman–Crippen MR) is 178 cm³/mol. The molecule has 10 heteroatoms. The van der Waals surface area contributed by atoms with Gasteiger partial charge in [0.25, 0.3) is 0 Å². The molecule has 47 heavy (non-hydrogen) atoms. The van der Waals surface area contributed by atoms with E-state index in [1.807, 2.05) is 47.4 Å². The third-order valence-corrected chi connectivity index (χ3v) is 10.1. The maximum absolute atomic E-state index is 13.4. The van der Waals surface area contributed by atoms with Crippen LogP contribution in [0.15, 0.2) is 65.2 Å². The highest BCUT2D eigenvalue weighted by Crippen LogP contribution is 2.39. The second kappa shape index (κ2) is 12.1. The van der Waals surface area contributed by atoms with Crippen molar-refractivity contribution < 1.29 is 18.8 Å². The van der Waals surface area contributed by atoms with Crippen molar-refractivity contribution in [2.24, 2.45) is 11.8 Å². The number of H-pyrrole nitrogens is 1. The van der Waals surface area contributed by atoms with Gasteiger partial charge in [-0.25, -0.2) is 9.97 Å². The van der Waals surface area contributed by atoms with Crippen molar-refractivity contribution >= 4 is 34.4 Å². The molecule has 2 saturated carbocycles. The van der Waals surface area contributed by atoms with Crippen molar-refractivity contribution in [2.75, 3.05) is 18.4 Å². The van der Waals surface area contributed by atoms with Gasteiger partial charge in [-0.3, -0.25) is 14.4 Å². The van der Waals surface area contributed by atoms with Gasteiger partial charge < -0.3 is 24.5 Å². The standard InChI is InChI=1S/C37H40N6O4/c1-22-14-16-43(33(45)18-24-10-11-24)34(22)35-40-28-13-12-25(20-29(28)41-35)31-21-38-37(47-31)26-5-4-6-27(19-26)39-36(46)30-7-2-3-15-42(30)32(44)17-23-8-9-23/h4-6,12-13,19-21,23-24,30,34H,1-3,7-11,14-18H2,(H,39,46)(H,40,41)/t30-,34-/m0/s1. The lowest BCUT2D eigenvalue weighted by molar-refractivity contribution is -0.140. The molecule has 2 atom stereocenters. The van der Waals surface area contributed by atoms with Gasteiger partial charge in [0.2, 0.25) is 23.6 Å². The molecule has 242 valence electrons. The first-order chi connectivity index (χ1) is 22.9. The van der Waals surface area contributed by atoms with Crippen LogP contribution < -0.4 is 5.32 Å². The van der Waals surface area contributed by atoms with Crippen LogP contribution in [0.1, 0.15) is 76.1 Å². The van der Waals surface area contributed by atoms with Crippen molar-refractivity contribution in [1.82, 2.24) is 24.8 Å². The lowest BCUT2D eigenvalue weighted by Gasteiger charge is -2.35. The molecular weight excluding hydrogens is 592 g/mol. The third-order valence-electron chi connectivity index (χ3n) is 10.1. The van der Waals surface area contributed by atoms with Crippen LogP contribution in [0.5, 0.6) is 0 Å². The van der Waals surface area contributed by atoms with Gasteiger partial charge >= 0.3 is 0 Å². The van der Waals surface area contributed by atoms with E-state index in [9.17, 15) is 14.4 Å². The van der Waals surface area contributed by atoms with Gasteiger partial charge in [-0.15, -0.1) is 0 Å². The van der Waals surface area contributed by atoms with Crippen LogP contribution in [-0.2, 0) is 14.4 Å². The van der Waals surface area contributed by atoms with E-state index in [-0.39, 0.29) is 23.8 Å². The quantitative estimate of drug-likeness (QED) is 0.200. The highest BCUT2D eigenvalue weighted by Gasteiger charge is 2.38. The van der Waals surface area contributed by atoms with E-state index in [0.29, 0.717) is 61.5 Å². The van der Waals surface area contributed by atoms with Gasteiger partial charge in [0.15, 0.2) is 5.76 Å². The van der Waals surface area contributed by atoms with Gasteiger partial charge in [-0.1, -0.05) is 12.6 Å². The summed E-state index contributed by atoms with van der Waals surface area (Å²) < 4.78 is 6.21. The number of hydrogen-bond acceptors (Lipinski definition) is 6. The number of anilines is 1. The maximum Gasteiger partial charge on any atom is 0.247 e. The zero-order valence-electron chi connectivity index (χ0n) is 26.5. The van der Waals surface area contributed by atoms with Crippen molar-refractivity contribution in [3.63, 3.8) is 0 Å². The van der Waals surface area contributed by atoms with Crippen LogP contribution in [0.3, 0.4) is 0 Å². The topological polar surface area (TPSA) is 124 Å². The van der Waals surface area contributed by atoms with Gasteiger partial charge in [0.05, 0.1) is 17.2 Å². The van der Waals surface area contributed by atoms with Crippen LogP contribution in [-0.4, -0.2) is 61.6 Å². The maximum atomic E-state index is 13.4. The number of nitrogens with zero attached hydrogens (tertiary/aromatic N) is 4. The predicted octanol–water partition coefficient (Wildman–Crippen LogP) is 6.63. The molecule has 2 N–H and O–H groups in total. The minimum absolute atomic E-state index is 0.0999. The highest BCUT2D eigenvalue weighted by molar-refractivity contribution is 5.97. The molecule has 4 heterocycles. The Kier molecular flexibility index (Phi) is 7.66. The number of fused-ring (bicyclic) bond motifs is 1. The SMILES string of the molecule is C=C1CCN(C(=O)CC2CC2)[C@@H]1c1nc2ccc(-c3cnc(-c4cccc(NC(=O)[C@@H]5CCCCN5C(=O)CC5CC5)c4)o3)cc2[nH]1. The first kappa shape index (κ1) is 29.7. The van der Waals surface area contributed by atoms with Crippen LogP contribution in [0.25, 0.3) is 33.8 Å². The first-order valence-corrected chi connectivity index (χ1v) is 17.0. The first-order valence-electron chi connectivity index (χ1n) is 17.0. The molecule has 3 amide bonds. The number of piperidine rings is 1. The number of imidazole rings is 1. The molecule has 4 aromatic rings. The number of aromatic nitrogens is 3. The third kappa shape index (κ3) is 6.21. The Morgan fingerprint density at radius 1 is 0.915 bits per heavy atom. The van der Waals surface area contributed by atoms with Crippen LogP contribution >= 0.6 is 0 Å². The highest BCUT2D eigenvalue weighted by atomic mass is 16.4. The van der Waals surface area contributed by atoms with Gasteiger partial charge in [0.1, 0.15) is 17.9 Å². The van der Waals surface area contributed by atoms with Crippen LogP contribution in [0, 0.1) is 11.8 Å². The lowest BCUT2D eigenvalue weighted by Crippen LogP contribution is -2.50. The monoisotopic (exact) mass is 632 g/mol. The number of aromatic amines is 1. The molecule has 2 aromatic heterocycles. The van der Waals surface area contributed by atoms with Crippen molar-refractivity contribution in [3.8, 4) is 22.8 Å². The molecule has 2 aromatic carbocycles. The number of oxazole rings is 1. The molecule has 8 rings (SSSR count). The number of carbonyl (C=O) groups excluding carboxylic acids is 3. The second-order valence-corrected chi connectivity index (χ2v) is 13.7. The molecule has 0 bridgehead atoms. The summed E-state index contributed by atoms with van der Waals surface area (Å²) in [4.78, 5) is 55.8. The second-order valence-electron chi connectivity index (χ2n) is 13.7. The lowest BCUT2D eigenvalue weighted by atomic mass is 10.00. The summed E-state index contributed by atoms with van der Waals surface area (Å²) in [5, 5.41) is 3.04. The summed E-state index contributed by atoms with van der Waals surface area (Å²) in [6, 6.07) is 12.7. The molecular formula is C37H40N6O4. The van der Waals surface area contributed by atoms with E-state index in [4.69, 9.17) is 9.40 Å².